The second-order valence-electron chi connectivity index (χ2n) is 12.9. The zero-order chi connectivity index (χ0) is 28.2. The van der Waals surface area contributed by atoms with Crippen LogP contribution in [0.25, 0.3) is 0 Å². The highest BCUT2D eigenvalue weighted by Gasteiger charge is 2.44. The van der Waals surface area contributed by atoms with Gasteiger partial charge in [-0.1, -0.05) is 39.5 Å². The van der Waals surface area contributed by atoms with Crippen molar-refractivity contribution in [3.05, 3.63) is 0 Å². The monoisotopic (exact) mass is 566 g/mol. The fourth-order valence-electron chi connectivity index (χ4n) is 7.70. The second-order valence-corrected chi connectivity index (χ2v) is 13.5. The summed E-state index contributed by atoms with van der Waals surface area (Å²) in [5.41, 5.74) is 19.6. The van der Waals surface area contributed by atoms with E-state index in [1.54, 1.807) is 0 Å². The molecule has 2 saturated heterocycles. The molecule has 10 heteroatoms. The molecule has 0 bridgehead atoms. The maximum atomic E-state index is 14.2. The molecule has 1 aliphatic carbocycles. The fourth-order valence-corrected chi connectivity index (χ4v) is 7.88. The molecular formula is C29H55ClN8O. The molecule has 1 saturated carbocycles. The van der Waals surface area contributed by atoms with E-state index in [0.717, 1.165) is 71.2 Å². The molecule has 6 unspecified atom stereocenters. The molecule has 3 fully saturated rings. The Morgan fingerprint density at radius 3 is 2.41 bits per heavy atom. The van der Waals surface area contributed by atoms with Crippen LogP contribution in [0.15, 0.2) is 4.99 Å². The van der Waals surface area contributed by atoms with E-state index in [-0.39, 0.29) is 41.0 Å². The van der Waals surface area contributed by atoms with Gasteiger partial charge in [0, 0.05) is 51.0 Å². The lowest BCUT2D eigenvalue weighted by Gasteiger charge is -2.50. The number of piperazine rings is 1. The Kier molecular flexibility index (Phi) is 11.1. The molecule has 39 heavy (non-hydrogen) atoms. The van der Waals surface area contributed by atoms with Gasteiger partial charge in [0.2, 0.25) is 5.91 Å². The number of piperidine rings is 1. The Morgan fingerprint density at radius 2 is 1.79 bits per heavy atom. The van der Waals surface area contributed by atoms with Crippen molar-refractivity contribution < 1.29 is 4.79 Å². The molecule has 224 valence electrons. The lowest BCUT2D eigenvalue weighted by Crippen LogP contribution is -2.69. The third-order valence-electron chi connectivity index (χ3n) is 10.6. The summed E-state index contributed by atoms with van der Waals surface area (Å²) < 4.78 is 0. The molecule has 3 aliphatic heterocycles. The molecule has 0 aromatic carbocycles. The summed E-state index contributed by atoms with van der Waals surface area (Å²) >= 11 is 6.59. The molecule has 0 aromatic rings. The average molecular weight is 567 g/mol. The number of nitrogens with one attached hydrogen (secondary N) is 1. The standard InChI is InChI=1S/C29H55ClN8O/c1-4-29(5-2)11-10-20(30)18-34-22(17-29)26(27(32)33)28(39)35-23-19-38(21-8-6-7-9-21)25(31)16-24(23)37-14-12-36(3)13-15-37/h18,20-27H,4-17,19,31-33H2,1-3H3,(H,35,39)/b34-18-. The van der Waals surface area contributed by atoms with E-state index < -0.39 is 12.1 Å². The van der Waals surface area contributed by atoms with Gasteiger partial charge >= 0.3 is 0 Å². The first-order valence-corrected chi connectivity index (χ1v) is 16.0. The van der Waals surface area contributed by atoms with Crippen LogP contribution in [0, 0.1) is 11.3 Å². The van der Waals surface area contributed by atoms with Crippen LogP contribution in [-0.2, 0) is 4.79 Å². The van der Waals surface area contributed by atoms with Crippen LogP contribution >= 0.6 is 11.6 Å². The fraction of sp³-hybridized carbons (Fsp3) is 0.931. The van der Waals surface area contributed by atoms with Crippen molar-refractivity contribution in [2.45, 2.75) is 120 Å². The average Bonchev–Trinajstić information content (AvgIpc) is 3.44. The van der Waals surface area contributed by atoms with Crippen molar-refractivity contribution in [2.75, 3.05) is 39.8 Å². The number of hydrogen-bond acceptors (Lipinski definition) is 8. The van der Waals surface area contributed by atoms with E-state index in [4.69, 9.17) is 33.8 Å². The third kappa shape index (κ3) is 7.53. The first-order chi connectivity index (χ1) is 18.7. The maximum Gasteiger partial charge on any atom is 0.228 e. The first kappa shape index (κ1) is 31.1. The van der Waals surface area contributed by atoms with Gasteiger partial charge in [-0.15, -0.1) is 11.6 Å². The van der Waals surface area contributed by atoms with Crippen LogP contribution in [0.3, 0.4) is 0 Å². The molecule has 4 rings (SSSR count). The van der Waals surface area contributed by atoms with E-state index in [2.05, 4.69) is 40.9 Å². The van der Waals surface area contributed by atoms with Crippen molar-refractivity contribution >= 4 is 23.7 Å². The van der Waals surface area contributed by atoms with Crippen LogP contribution in [0.2, 0.25) is 0 Å². The normalized spacial score (nSPS) is 35.4. The second kappa shape index (κ2) is 13.9. The van der Waals surface area contributed by atoms with Gasteiger partial charge in [0.15, 0.2) is 0 Å². The Hall–Kier alpha value is -0.810. The molecule has 6 atom stereocenters. The first-order valence-electron chi connectivity index (χ1n) is 15.6. The number of carbonyl (C=O) groups excluding carboxylic acids is 1. The minimum atomic E-state index is -0.800. The number of carbonyl (C=O) groups is 1. The largest absolute Gasteiger partial charge is 0.350 e. The number of amides is 1. The summed E-state index contributed by atoms with van der Waals surface area (Å²) in [4.78, 5) is 26.4. The molecular weight excluding hydrogens is 512 g/mol. The lowest BCUT2D eigenvalue weighted by atomic mass is 9.70. The predicted molar refractivity (Wildman–Crippen MR) is 161 cm³/mol. The van der Waals surface area contributed by atoms with Crippen molar-refractivity contribution in [3.8, 4) is 0 Å². The highest BCUT2D eigenvalue weighted by molar-refractivity contribution is 6.28. The number of nitrogens with zero attached hydrogens (tertiary/aromatic N) is 4. The number of aliphatic imine (C=N–C) groups is 1. The molecule has 9 nitrogen and oxygen atoms in total. The minimum Gasteiger partial charge on any atom is -0.350 e. The summed E-state index contributed by atoms with van der Waals surface area (Å²) in [6.45, 7) is 9.27. The number of likely N-dealkylation sites (N-methyl/N-ethyl adjacent to an activating group) is 1. The molecule has 3 heterocycles. The Morgan fingerprint density at radius 1 is 1.13 bits per heavy atom. The van der Waals surface area contributed by atoms with Gasteiger partial charge in [0.25, 0.3) is 0 Å². The summed E-state index contributed by atoms with van der Waals surface area (Å²) in [5.74, 6) is -0.685. The molecule has 1 amide bonds. The lowest BCUT2D eigenvalue weighted by molar-refractivity contribution is -0.129. The number of halogens is 1. The number of alkyl halides is 1. The van der Waals surface area contributed by atoms with Crippen LogP contribution in [0.1, 0.15) is 78.1 Å². The van der Waals surface area contributed by atoms with Crippen LogP contribution in [0.4, 0.5) is 0 Å². The van der Waals surface area contributed by atoms with Gasteiger partial charge in [-0.05, 0) is 51.0 Å². The Balaban J connectivity index is 1.57. The van der Waals surface area contributed by atoms with Crippen LogP contribution < -0.4 is 22.5 Å². The summed E-state index contributed by atoms with van der Waals surface area (Å²) in [6.07, 6.45) is 11.6. The summed E-state index contributed by atoms with van der Waals surface area (Å²) in [7, 11) is 2.17. The van der Waals surface area contributed by atoms with Gasteiger partial charge in [0.1, 0.15) is 0 Å². The zero-order valence-corrected chi connectivity index (χ0v) is 25.4. The van der Waals surface area contributed by atoms with Gasteiger partial charge in [-0.2, -0.15) is 0 Å². The smallest absolute Gasteiger partial charge is 0.228 e. The maximum absolute atomic E-state index is 14.2. The van der Waals surface area contributed by atoms with Gasteiger partial charge in [0.05, 0.1) is 35.7 Å². The Bertz CT molecular complexity index is 809. The van der Waals surface area contributed by atoms with E-state index in [9.17, 15) is 4.79 Å². The molecule has 0 spiro atoms. The van der Waals surface area contributed by atoms with E-state index >= 15 is 0 Å². The third-order valence-corrected chi connectivity index (χ3v) is 10.9. The molecule has 7 N–H and O–H groups in total. The van der Waals surface area contributed by atoms with Crippen molar-refractivity contribution in [2.24, 2.45) is 33.5 Å². The Labute approximate surface area is 241 Å². The minimum absolute atomic E-state index is 0.0176. The molecule has 0 radical (unpaired) electrons. The van der Waals surface area contributed by atoms with Gasteiger partial charge in [-0.25, -0.2) is 0 Å². The summed E-state index contributed by atoms with van der Waals surface area (Å²) in [6, 6.07) is 0.391. The molecule has 4 aliphatic rings. The van der Waals surface area contributed by atoms with E-state index in [1.165, 1.54) is 25.7 Å². The molecule has 0 aromatic heterocycles. The van der Waals surface area contributed by atoms with Crippen molar-refractivity contribution in [1.29, 1.82) is 0 Å². The number of nitrogens with two attached hydrogens (primary N) is 3. The highest BCUT2D eigenvalue weighted by atomic mass is 35.5. The van der Waals surface area contributed by atoms with Crippen LogP contribution in [-0.4, -0.2) is 108 Å². The predicted octanol–water partition coefficient (Wildman–Crippen LogP) is 1.92. The highest BCUT2D eigenvalue weighted by Crippen LogP contribution is 2.41. The SMILES string of the molecule is CCC1(CC)CCC(Cl)/C=N\C(C(C(=O)NC2CN(C3CCCC3)C(N)CC2N2CCN(C)CC2)C(N)N)C1. The topological polar surface area (TPSA) is 129 Å². The summed E-state index contributed by atoms with van der Waals surface area (Å²) in [5, 5.41) is 3.35. The van der Waals surface area contributed by atoms with E-state index in [0.29, 0.717) is 6.04 Å². The number of likely N-dealkylation sites (tertiary alicyclic amines) is 1. The van der Waals surface area contributed by atoms with Gasteiger partial charge in [-0.3, -0.25) is 19.6 Å². The van der Waals surface area contributed by atoms with Gasteiger partial charge < -0.3 is 27.4 Å². The zero-order valence-electron chi connectivity index (χ0n) is 24.6. The number of hydrogen-bond donors (Lipinski definition) is 4. The van der Waals surface area contributed by atoms with Crippen molar-refractivity contribution in [3.63, 3.8) is 0 Å². The van der Waals surface area contributed by atoms with Crippen LogP contribution in [0.5, 0.6) is 0 Å². The number of rotatable bonds is 8. The van der Waals surface area contributed by atoms with E-state index in [1.807, 2.05) is 6.21 Å². The van der Waals surface area contributed by atoms with Crippen molar-refractivity contribution in [1.82, 2.24) is 20.0 Å². The quantitative estimate of drug-likeness (QED) is 0.261.